The molecule has 31 heavy (non-hydrogen) atoms. The number of ether oxygens (including phenoxy) is 1. The van der Waals surface area contributed by atoms with E-state index in [4.69, 9.17) is 4.74 Å². The van der Waals surface area contributed by atoms with Gasteiger partial charge >= 0.3 is 6.09 Å². The summed E-state index contributed by atoms with van der Waals surface area (Å²) < 4.78 is 5.62. The van der Waals surface area contributed by atoms with E-state index in [0.29, 0.717) is 5.92 Å². The number of nitrogens with zero attached hydrogens (tertiary/aromatic N) is 1. The molecule has 1 N–H and O–H groups in total. The van der Waals surface area contributed by atoms with E-state index < -0.39 is 5.60 Å². The largest absolute Gasteiger partial charge is 0.444 e. The maximum absolute atomic E-state index is 12.6. The summed E-state index contributed by atoms with van der Waals surface area (Å²) in [5, 5.41) is 3.25. The fourth-order valence-electron chi connectivity index (χ4n) is 6.60. The molecule has 2 fully saturated rings. The lowest BCUT2D eigenvalue weighted by molar-refractivity contribution is -0.121. The summed E-state index contributed by atoms with van der Waals surface area (Å²) in [4.78, 5) is 26.5. The number of hydrogen-bond acceptors (Lipinski definition) is 3. The number of rotatable bonds is 2. The van der Waals surface area contributed by atoms with E-state index in [0.717, 1.165) is 38.8 Å². The molecule has 174 valence electrons. The van der Waals surface area contributed by atoms with Gasteiger partial charge in [-0.1, -0.05) is 29.7 Å². The number of carbonyl (C=O) groups is 2. The number of fused-ring (bicyclic) bond motifs is 2. The van der Waals surface area contributed by atoms with Gasteiger partial charge in [0.1, 0.15) is 5.60 Å². The summed E-state index contributed by atoms with van der Waals surface area (Å²) in [6, 6.07) is 0. The predicted octanol–water partition coefficient (Wildman–Crippen LogP) is 5.61. The number of allylic oxidation sites excluding steroid dienone is 4. The van der Waals surface area contributed by atoms with Crippen LogP contribution in [-0.4, -0.2) is 41.1 Å². The highest BCUT2D eigenvalue weighted by atomic mass is 16.6. The predicted molar refractivity (Wildman–Crippen MR) is 125 cm³/mol. The van der Waals surface area contributed by atoms with E-state index in [1.165, 1.54) is 16.7 Å². The first-order valence-electron chi connectivity index (χ1n) is 11.8. The minimum atomic E-state index is -0.475. The van der Waals surface area contributed by atoms with Crippen molar-refractivity contribution in [3.8, 4) is 0 Å². The van der Waals surface area contributed by atoms with Crippen molar-refractivity contribution in [2.75, 3.05) is 13.1 Å². The molecule has 0 aromatic rings. The molecule has 1 spiro atoms. The van der Waals surface area contributed by atoms with E-state index in [2.05, 4.69) is 46.0 Å². The highest BCUT2D eigenvalue weighted by Crippen LogP contribution is 2.67. The minimum absolute atomic E-state index is 0.0175. The zero-order chi connectivity index (χ0) is 23.4. The number of piperidine rings is 1. The summed E-state index contributed by atoms with van der Waals surface area (Å²) in [6.45, 7) is 20.0. The number of hydrogen-bond donors (Lipinski definition) is 1. The van der Waals surface area contributed by atoms with Crippen LogP contribution in [0.5, 0.6) is 0 Å². The van der Waals surface area contributed by atoms with Crippen LogP contribution in [0, 0.1) is 16.7 Å². The first-order valence-corrected chi connectivity index (χ1v) is 11.8. The monoisotopic (exact) mass is 430 g/mol. The number of nitrogens with one attached hydrogen (secondary N) is 1. The Labute approximate surface area is 188 Å². The van der Waals surface area contributed by atoms with Gasteiger partial charge in [0.25, 0.3) is 0 Å². The molecule has 0 aromatic carbocycles. The first kappa shape index (κ1) is 23.9. The second-order valence-electron chi connectivity index (χ2n) is 12.0. The SMILES string of the molecule is CC(=O)NC(C)(C)C1CC2(CCN(C(=O)OC(C)(C)C)CC2)C2=CC(C)=C(C)CC21C. The fourth-order valence-corrected chi connectivity index (χ4v) is 6.60. The molecule has 2 aliphatic carbocycles. The van der Waals surface area contributed by atoms with Gasteiger partial charge in [0, 0.05) is 25.6 Å². The molecule has 0 aromatic heterocycles. The Morgan fingerprint density at radius 1 is 1.13 bits per heavy atom. The Hall–Kier alpha value is -1.78. The molecule has 0 bridgehead atoms. The van der Waals surface area contributed by atoms with Crippen LogP contribution in [0.2, 0.25) is 0 Å². The van der Waals surface area contributed by atoms with Crippen molar-refractivity contribution < 1.29 is 14.3 Å². The van der Waals surface area contributed by atoms with Crippen LogP contribution < -0.4 is 5.32 Å². The maximum atomic E-state index is 12.6. The van der Waals surface area contributed by atoms with Crippen molar-refractivity contribution in [1.29, 1.82) is 0 Å². The lowest BCUT2D eigenvalue weighted by Gasteiger charge is -2.46. The van der Waals surface area contributed by atoms with E-state index >= 15 is 0 Å². The van der Waals surface area contributed by atoms with Crippen LogP contribution in [0.25, 0.3) is 0 Å². The highest BCUT2D eigenvalue weighted by Gasteiger charge is 2.61. The van der Waals surface area contributed by atoms with E-state index in [1.807, 2.05) is 25.7 Å². The van der Waals surface area contributed by atoms with Crippen LogP contribution in [0.4, 0.5) is 4.79 Å². The molecule has 1 aliphatic heterocycles. The van der Waals surface area contributed by atoms with Crippen molar-refractivity contribution >= 4 is 12.0 Å². The molecule has 5 heteroatoms. The summed E-state index contributed by atoms with van der Waals surface area (Å²) in [6.07, 6.45) is 6.22. The smallest absolute Gasteiger partial charge is 0.410 e. The molecule has 3 rings (SSSR count). The van der Waals surface area contributed by atoms with E-state index in [-0.39, 0.29) is 28.4 Å². The van der Waals surface area contributed by atoms with Crippen LogP contribution in [0.1, 0.15) is 88.0 Å². The van der Waals surface area contributed by atoms with Gasteiger partial charge in [0.2, 0.25) is 5.91 Å². The minimum Gasteiger partial charge on any atom is -0.444 e. The Morgan fingerprint density at radius 2 is 1.71 bits per heavy atom. The molecular weight excluding hydrogens is 388 g/mol. The third-order valence-electron chi connectivity index (χ3n) is 7.96. The molecule has 5 nitrogen and oxygen atoms in total. The average Bonchev–Trinajstić information content (AvgIpc) is 2.83. The fraction of sp³-hybridized carbons (Fsp3) is 0.769. The van der Waals surface area contributed by atoms with Crippen molar-refractivity contribution in [3.05, 3.63) is 22.8 Å². The summed E-state index contributed by atoms with van der Waals surface area (Å²) in [7, 11) is 0. The van der Waals surface area contributed by atoms with Crippen molar-refractivity contribution in [2.45, 2.75) is 99.1 Å². The summed E-state index contributed by atoms with van der Waals surface area (Å²) >= 11 is 0. The molecule has 1 heterocycles. The van der Waals surface area contributed by atoms with Gasteiger partial charge in [0.05, 0.1) is 0 Å². The van der Waals surface area contributed by atoms with Crippen molar-refractivity contribution in [1.82, 2.24) is 10.2 Å². The van der Waals surface area contributed by atoms with Gasteiger partial charge in [-0.15, -0.1) is 0 Å². The number of likely N-dealkylation sites (tertiary alicyclic amines) is 1. The lowest BCUT2D eigenvalue weighted by atomic mass is 9.62. The van der Waals surface area contributed by atoms with Gasteiger partial charge in [-0.2, -0.15) is 0 Å². The van der Waals surface area contributed by atoms with Crippen molar-refractivity contribution in [3.63, 3.8) is 0 Å². The van der Waals surface area contributed by atoms with Gasteiger partial charge < -0.3 is 15.0 Å². The topological polar surface area (TPSA) is 58.6 Å². The van der Waals surface area contributed by atoms with Crippen molar-refractivity contribution in [2.24, 2.45) is 16.7 Å². The highest BCUT2D eigenvalue weighted by molar-refractivity contribution is 5.74. The number of amides is 2. The Balaban J connectivity index is 1.92. The third kappa shape index (κ3) is 4.42. The van der Waals surface area contributed by atoms with Gasteiger partial charge in [0.15, 0.2) is 0 Å². The quantitative estimate of drug-likeness (QED) is 0.619. The van der Waals surface area contributed by atoms with Crippen LogP contribution in [0.15, 0.2) is 22.8 Å². The Bertz CT molecular complexity index is 822. The molecule has 2 amide bonds. The lowest BCUT2D eigenvalue weighted by Crippen LogP contribution is -2.52. The van der Waals surface area contributed by atoms with Crippen LogP contribution >= 0.6 is 0 Å². The normalized spacial score (nSPS) is 28.4. The molecular formula is C26H42N2O3. The second-order valence-corrected chi connectivity index (χ2v) is 12.0. The summed E-state index contributed by atoms with van der Waals surface area (Å²) in [5.74, 6) is 0.366. The van der Waals surface area contributed by atoms with Gasteiger partial charge in [-0.3, -0.25) is 4.79 Å². The molecule has 1 saturated carbocycles. The first-order chi connectivity index (χ1) is 14.1. The average molecular weight is 431 g/mol. The molecule has 3 aliphatic rings. The zero-order valence-electron chi connectivity index (χ0n) is 21.1. The third-order valence-corrected chi connectivity index (χ3v) is 7.96. The molecule has 2 unspecified atom stereocenters. The van der Waals surface area contributed by atoms with E-state index in [1.54, 1.807) is 6.92 Å². The number of carbonyl (C=O) groups excluding carboxylic acids is 2. The van der Waals surface area contributed by atoms with Crippen LogP contribution in [0.3, 0.4) is 0 Å². The van der Waals surface area contributed by atoms with Gasteiger partial charge in [-0.25, -0.2) is 4.79 Å². The zero-order valence-corrected chi connectivity index (χ0v) is 21.1. The van der Waals surface area contributed by atoms with Gasteiger partial charge in [-0.05, 0) is 90.9 Å². The van der Waals surface area contributed by atoms with E-state index in [9.17, 15) is 9.59 Å². The Morgan fingerprint density at radius 3 is 2.23 bits per heavy atom. The molecule has 0 radical (unpaired) electrons. The summed E-state index contributed by atoms with van der Waals surface area (Å²) in [5.41, 5.74) is 3.68. The second kappa shape index (κ2) is 7.67. The van der Waals surface area contributed by atoms with Crippen LogP contribution in [-0.2, 0) is 9.53 Å². The standard InChI is InChI=1S/C26H42N2O3/c1-17-14-20-25(9,15-18(17)2)21(24(7,8)27-19(3)29)16-26(20)10-12-28(13-11-26)22(30)31-23(4,5)6/h14,21H,10-13,15-16H2,1-9H3,(H,27,29). The molecule has 1 saturated heterocycles. The molecule has 2 atom stereocenters. The maximum Gasteiger partial charge on any atom is 0.410 e. The Kier molecular flexibility index (Phi) is 5.91.